The maximum absolute atomic E-state index is 12.2. The summed E-state index contributed by atoms with van der Waals surface area (Å²) in [6.07, 6.45) is 9.54. The van der Waals surface area contributed by atoms with Crippen LogP contribution >= 0.6 is 0 Å². The van der Waals surface area contributed by atoms with Crippen LogP contribution < -0.4 is 11.1 Å². The molecule has 1 atom stereocenters. The highest BCUT2D eigenvalue weighted by molar-refractivity contribution is 5.86. The summed E-state index contributed by atoms with van der Waals surface area (Å²) in [6, 6.07) is 0.327. The van der Waals surface area contributed by atoms with E-state index in [1.807, 2.05) is 0 Å². The van der Waals surface area contributed by atoms with Gasteiger partial charge in [0, 0.05) is 6.04 Å². The van der Waals surface area contributed by atoms with Crippen LogP contribution in [-0.2, 0) is 4.79 Å². The summed E-state index contributed by atoms with van der Waals surface area (Å²) in [5, 5.41) is 3.17. The van der Waals surface area contributed by atoms with Crippen molar-refractivity contribution < 1.29 is 4.79 Å². The van der Waals surface area contributed by atoms with E-state index in [0.29, 0.717) is 6.04 Å². The van der Waals surface area contributed by atoms with E-state index in [0.717, 1.165) is 44.9 Å². The van der Waals surface area contributed by atoms with Gasteiger partial charge < -0.3 is 11.1 Å². The number of amides is 1. The Kier molecular flexibility index (Phi) is 5.96. The number of nitrogens with one attached hydrogen (secondary N) is 1. The van der Waals surface area contributed by atoms with E-state index < -0.39 is 5.54 Å². The zero-order chi connectivity index (χ0) is 12.7. The summed E-state index contributed by atoms with van der Waals surface area (Å²) in [5.41, 5.74) is 5.59. The Balaban J connectivity index is 2.44. The lowest BCUT2D eigenvalue weighted by Crippen LogP contribution is -2.54. The van der Waals surface area contributed by atoms with Crippen LogP contribution in [0.1, 0.15) is 71.6 Å². The van der Waals surface area contributed by atoms with E-state index in [-0.39, 0.29) is 5.91 Å². The van der Waals surface area contributed by atoms with Crippen molar-refractivity contribution in [3.05, 3.63) is 0 Å². The topological polar surface area (TPSA) is 55.1 Å². The first-order chi connectivity index (χ1) is 8.12. The second-order valence-corrected chi connectivity index (χ2v) is 5.46. The third-order valence-corrected chi connectivity index (χ3v) is 3.83. The van der Waals surface area contributed by atoms with Crippen molar-refractivity contribution in [1.82, 2.24) is 5.32 Å². The third-order valence-electron chi connectivity index (χ3n) is 3.83. The lowest BCUT2D eigenvalue weighted by Gasteiger charge is -2.26. The molecular weight excluding hydrogens is 212 g/mol. The van der Waals surface area contributed by atoms with Crippen LogP contribution in [0.15, 0.2) is 0 Å². The van der Waals surface area contributed by atoms with E-state index in [1.165, 1.54) is 12.8 Å². The van der Waals surface area contributed by atoms with Gasteiger partial charge >= 0.3 is 0 Å². The molecule has 3 heteroatoms. The predicted molar refractivity (Wildman–Crippen MR) is 71.8 cm³/mol. The second-order valence-electron chi connectivity index (χ2n) is 5.46. The maximum atomic E-state index is 12.2. The molecule has 3 nitrogen and oxygen atoms in total. The predicted octanol–water partition coefficient (Wildman–Crippen LogP) is 2.73. The van der Waals surface area contributed by atoms with Crippen molar-refractivity contribution >= 4 is 5.91 Å². The fraction of sp³-hybridized carbons (Fsp3) is 0.929. The van der Waals surface area contributed by atoms with Gasteiger partial charge in [-0.2, -0.15) is 0 Å². The van der Waals surface area contributed by atoms with Crippen molar-refractivity contribution in [2.45, 2.75) is 83.2 Å². The molecule has 0 heterocycles. The molecular formula is C14H28N2O. The molecule has 0 bridgehead atoms. The lowest BCUT2D eigenvalue weighted by molar-refractivity contribution is -0.127. The highest BCUT2D eigenvalue weighted by Gasteiger charge is 2.37. The number of unbranched alkanes of at least 4 members (excludes halogenated alkanes) is 1. The molecule has 17 heavy (non-hydrogen) atoms. The minimum atomic E-state index is -0.571. The fourth-order valence-electron chi connectivity index (χ4n) is 2.65. The Morgan fingerprint density at radius 1 is 1.24 bits per heavy atom. The summed E-state index contributed by atoms with van der Waals surface area (Å²) in [6.45, 7) is 4.35. The molecule has 0 radical (unpaired) electrons. The van der Waals surface area contributed by atoms with Crippen LogP contribution in [0.3, 0.4) is 0 Å². The normalized spacial score (nSPS) is 20.2. The lowest BCUT2D eigenvalue weighted by atomic mass is 9.96. The molecule has 100 valence electrons. The average molecular weight is 240 g/mol. The minimum Gasteiger partial charge on any atom is -0.352 e. The number of hydrogen-bond acceptors (Lipinski definition) is 2. The van der Waals surface area contributed by atoms with Crippen LogP contribution in [0, 0.1) is 0 Å². The maximum Gasteiger partial charge on any atom is 0.240 e. The third kappa shape index (κ3) is 4.30. The second kappa shape index (κ2) is 7.00. The number of hydrogen-bond donors (Lipinski definition) is 2. The Morgan fingerprint density at radius 3 is 2.41 bits per heavy atom. The van der Waals surface area contributed by atoms with Crippen molar-refractivity contribution in [2.75, 3.05) is 0 Å². The highest BCUT2D eigenvalue weighted by atomic mass is 16.2. The average Bonchev–Trinajstić information content (AvgIpc) is 2.74. The summed E-state index contributed by atoms with van der Waals surface area (Å²) in [4.78, 5) is 12.2. The van der Waals surface area contributed by atoms with Crippen molar-refractivity contribution in [3.8, 4) is 0 Å². The van der Waals surface area contributed by atoms with Gasteiger partial charge in [0.1, 0.15) is 0 Å². The SMILES string of the molecule is CCCCC(CCC)NC(=O)C1(N)CCCC1. The van der Waals surface area contributed by atoms with Gasteiger partial charge in [-0.1, -0.05) is 46.0 Å². The first kappa shape index (κ1) is 14.5. The summed E-state index contributed by atoms with van der Waals surface area (Å²) < 4.78 is 0. The van der Waals surface area contributed by atoms with Gasteiger partial charge in [-0.3, -0.25) is 4.79 Å². The van der Waals surface area contributed by atoms with Gasteiger partial charge in [0.25, 0.3) is 0 Å². The van der Waals surface area contributed by atoms with Gasteiger partial charge in [0.15, 0.2) is 0 Å². The van der Waals surface area contributed by atoms with Gasteiger partial charge in [0.05, 0.1) is 5.54 Å². The quantitative estimate of drug-likeness (QED) is 0.719. The number of rotatable bonds is 7. The van der Waals surface area contributed by atoms with Crippen LogP contribution in [0.5, 0.6) is 0 Å². The van der Waals surface area contributed by atoms with Gasteiger partial charge in [-0.05, 0) is 25.7 Å². The first-order valence-electron chi connectivity index (χ1n) is 7.22. The van der Waals surface area contributed by atoms with Crippen LogP contribution in [0.25, 0.3) is 0 Å². The van der Waals surface area contributed by atoms with E-state index in [1.54, 1.807) is 0 Å². The smallest absolute Gasteiger partial charge is 0.240 e. The molecule has 1 saturated carbocycles. The molecule has 0 aromatic carbocycles. The molecule has 1 amide bonds. The van der Waals surface area contributed by atoms with E-state index in [2.05, 4.69) is 19.2 Å². The van der Waals surface area contributed by atoms with E-state index >= 15 is 0 Å². The molecule has 1 unspecified atom stereocenters. The molecule has 0 spiro atoms. The van der Waals surface area contributed by atoms with Gasteiger partial charge in [-0.15, -0.1) is 0 Å². The first-order valence-corrected chi connectivity index (χ1v) is 7.22. The standard InChI is InChI=1S/C14H28N2O/c1-3-5-9-12(8-4-2)16-13(17)14(15)10-6-7-11-14/h12H,3-11,15H2,1-2H3,(H,16,17). The molecule has 0 aromatic heterocycles. The molecule has 1 rings (SSSR count). The zero-order valence-electron chi connectivity index (χ0n) is 11.4. The number of nitrogens with two attached hydrogens (primary N) is 1. The zero-order valence-corrected chi connectivity index (χ0v) is 11.4. The van der Waals surface area contributed by atoms with Gasteiger partial charge in [0.2, 0.25) is 5.91 Å². The number of carbonyl (C=O) groups is 1. The van der Waals surface area contributed by atoms with E-state index in [9.17, 15) is 4.79 Å². The Morgan fingerprint density at radius 2 is 1.88 bits per heavy atom. The van der Waals surface area contributed by atoms with Crippen LogP contribution in [0.4, 0.5) is 0 Å². The molecule has 0 aliphatic heterocycles. The molecule has 1 aliphatic rings. The molecule has 0 saturated heterocycles. The molecule has 1 fully saturated rings. The van der Waals surface area contributed by atoms with Crippen molar-refractivity contribution in [1.29, 1.82) is 0 Å². The number of carbonyl (C=O) groups excluding carboxylic acids is 1. The van der Waals surface area contributed by atoms with Gasteiger partial charge in [-0.25, -0.2) is 0 Å². The highest BCUT2D eigenvalue weighted by Crippen LogP contribution is 2.27. The summed E-state index contributed by atoms with van der Waals surface area (Å²) >= 11 is 0. The Bertz CT molecular complexity index is 234. The van der Waals surface area contributed by atoms with E-state index in [4.69, 9.17) is 5.73 Å². The largest absolute Gasteiger partial charge is 0.352 e. The summed E-state index contributed by atoms with van der Waals surface area (Å²) in [7, 11) is 0. The minimum absolute atomic E-state index is 0.0875. The van der Waals surface area contributed by atoms with Crippen molar-refractivity contribution in [2.24, 2.45) is 5.73 Å². The molecule has 1 aliphatic carbocycles. The van der Waals surface area contributed by atoms with Crippen molar-refractivity contribution in [3.63, 3.8) is 0 Å². The summed E-state index contributed by atoms with van der Waals surface area (Å²) in [5.74, 6) is 0.0875. The monoisotopic (exact) mass is 240 g/mol. The Hall–Kier alpha value is -0.570. The molecule has 0 aromatic rings. The Labute approximate surface area is 106 Å². The van der Waals surface area contributed by atoms with Crippen LogP contribution in [0.2, 0.25) is 0 Å². The fourth-order valence-corrected chi connectivity index (χ4v) is 2.65. The van der Waals surface area contributed by atoms with Crippen LogP contribution in [-0.4, -0.2) is 17.5 Å². The molecule has 3 N–H and O–H groups in total.